The van der Waals surface area contributed by atoms with Gasteiger partial charge in [0.05, 0.1) is 35.8 Å². The minimum atomic E-state index is -0.857. The average molecular weight is 682 g/mol. The van der Waals surface area contributed by atoms with Crippen LogP contribution in [0.5, 0.6) is 0 Å². The monoisotopic (exact) mass is 680 g/mol. The van der Waals surface area contributed by atoms with E-state index in [-0.39, 0.29) is 41.1 Å². The molecule has 3 unspecified atom stereocenters. The standard InChI is InChI=1S/C35H41BrN2O5S/c1-3-5-6-13-19-43-34(42)28-29-32(40)38(26(23-39)20-24-14-9-7-10-15-24)31(35(29)21-27(36)30(28)44-35)33(41)37(18-4-2)22-25-16-11-8-12-17-25/h3-4,7-12,14-17,26-31,39H,1-2,5-6,13,18-23H2/t26-,27?,28-,29+,30-,31?,35?/m1/s1. The summed E-state index contributed by atoms with van der Waals surface area (Å²) in [6.07, 6.45) is 6.93. The topological polar surface area (TPSA) is 87.2 Å². The molecule has 2 amide bonds. The van der Waals surface area contributed by atoms with Crippen molar-refractivity contribution in [1.29, 1.82) is 0 Å². The second kappa shape index (κ2) is 14.5. The van der Waals surface area contributed by atoms with Gasteiger partial charge in [-0.05, 0) is 43.2 Å². The molecule has 0 radical (unpaired) electrons. The molecule has 0 saturated carbocycles. The molecule has 3 fully saturated rings. The summed E-state index contributed by atoms with van der Waals surface area (Å²) in [5.41, 5.74) is 1.92. The van der Waals surface area contributed by atoms with Crippen LogP contribution in [-0.4, -0.2) is 79.4 Å². The molecule has 0 aromatic heterocycles. The Morgan fingerprint density at radius 1 is 1.09 bits per heavy atom. The zero-order valence-corrected chi connectivity index (χ0v) is 27.3. The van der Waals surface area contributed by atoms with Crippen molar-refractivity contribution in [2.24, 2.45) is 11.8 Å². The summed E-state index contributed by atoms with van der Waals surface area (Å²) in [5, 5.41) is 10.5. The summed E-state index contributed by atoms with van der Waals surface area (Å²) < 4.78 is 4.94. The number of hydrogen-bond donors (Lipinski definition) is 1. The maximum atomic E-state index is 14.8. The van der Waals surface area contributed by atoms with Gasteiger partial charge in [0.15, 0.2) is 0 Å². The molecule has 9 heteroatoms. The number of alkyl halides is 1. The number of hydrogen-bond acceptors (Lipinski definition) is 6. The maximum absolute atomic E-state index is 14.8. The highest BCUT2D eigenvalue weighted by molar-refractivity contribution is 9.09. The van der Waals surface area contributed by atoms with Crippen molar-refractivity contribution in [3.63, 3.8) is 0 Å². The highest BCUT2D eigenvalue weighted by Gasteiger charge is 2.76. The van der Waals surface area contributed by atoms with Crippen LogP contribution in [0.15, 0.2) is 86.0 Å². The minimum Gasteiger partial charge on any atom is -0.465 e. The van der Waals surface area contributed by atoms with Gasteiger partial charge in [-0.3, -0.25) is 14.4 Å². The van der Waals surface area contributed by atoms with Gasteiger partial charge in [-0.1, -0.05) is 88.7 Å². The number of rotatable bonds is 15. The lowest BCUT2D eigenvalue weighted by Gasteiger charge is -2.40. The molecule has 3 aliphatic heterocycles. The summed E-state index contributed by atoms with van der Waals surface area (Å²) in [6.45, 7) is 8.29. The number of aliphatic hydroxyl groups is 1. The number of esters is 1. The number of nitrogens with zero attached hydrogens (tertiary/aromatic N) is 2. The molecule has 2 aromatic rings. The number of amides is 2. The number of thioether (sulfide) groups is 1. The van der Waals surface area contributed by atoms with Gasteiger partial charge in [0.1, 0.15) is 6.04 Å². The number of aliphatic hydroxyl groups excluding tert-OH is 1. The Balaban J connectivity index is 1.52. The number of likely N-dealkylation sites (tertiary alicyclic amines) is 1. The lowest BCUT2D eigenvalue weighted by Crippen LogP contribution is -2.58. The SMILES string of the molecule is C=CCCCCOC(=O)[C@H]1[C@@H]2SC3(CC2Br)C(C(=O)N(CC=C)Cc2ccccc2)N([C@@H](CO)Cc2ccccc2)C(=O)[C@H]13. The number of benzene rings is 2. The van der Waals surface area contributed by atoms with E-state index in [0.717, 1.165) is 30.4 Å². The second-order valence-electron chi connectivity index (χ2n) is 11.9. The fourth-order valence-corrected chi connectivity index (χ4v) is 10.8. The van der Waals surface area contributed by atoms with Crippen LogP contribution in [0, 0.1) is 11.8 Å². The van der Waals surface area contributed by atoms with Gasteiger partial charge in [0.2, 0.25) is 11.8 Å². The predicted molar refractivity (Wildman–Crippen MR) is 177 cm³/mol. The Morgan fingerprint density at radius 3 is 2.41 bits per heavy atom. The summed E-state index contributed by atoms with van der Waals surface area (Å²) in [6, 6.07) is 17.9. The summed E-state index contributed by atoms with van der Waals surface area (Å²) >= 11 is 5.41. The number of ether oxygens (including phenoxy) is 1. The maximum Gasteiger partial charge on any atom is 0.310 e. The van der Waals surface area contributed by atoms with Crippen molar-refractivity contribution in [2.45, 2.75) is 65.6 Å². The molecular weight excluding hydrogens is 640 g/mol. The van der Waals surface area contributed by atoms with Crippen molar-refractivity contribution in [3.05, 3.63) is 97.1 Å². The van der Waals surface area contributed by atoms with Crippen LogP contribution in [0.3, 0.4) is 0 Å². The highest BCUT2D eigenvalue weighted by Crippen LogP contribution is 2.68. The number of fused-ring (bicyclic) bond motifs is 1. The second-order valence-corrected chi connectivity index (χ2v) is 14.6. The fraction of sp³-hybridized carbons (Fsp3) is 0.457. The molecule has 2 aromatic carbocycles. The third kappa shape index (κ3) is 6.28. The largest absolute Gasteiger partial charge is 0.465 e. The molecule has 2 bridgehead atoms. The van der Waals surface area contributed by atoms with Crippen molar-refractivity contribution in [3.8, 4) is 0 Å². The number of carbonyl (C=O) groups excluding carboxylic acids is 3. The van der Waals surface area contributed by atoms with E-state index in [0.29, 0.717) is 25.9 Å². The number of allylic oxidation sites excluding steroid dienone is 1. The Hall–Kier alpha value is -2.88. The Kier molecular flexibility index (Phi) is 10.7. The third-order valence-corrected chi connectivity index (χ3v) is 12.3. The molecular formula is C35H41BrN2O5S. The number of halogens is 1. The van der Waals surface area contributed by atoms with E-state index in [2.05, 4.69) is 29.1 Å². The first-order chi connectivity index (χ1) is 21.4. The number of carbonyl (C=O) groups is 3. The van der Waals surface area contributed by atoms with Gasteiger partial charge >= 0.3 is 5.97 Å². The van der Waals surface area contributed by atoms with Crippen LogP contribution in [0.2, 0.25) is 0 Å². The van der Waals surface area contributed by atoms with Crippen molar-refractivity contribution < 1.29 is 24.2 Å². The van der Waals surface area contributed by atoms with Crippen molar-refractivity contribution in [1.82, 2.24) is 9.80 Å². The van der Waals surface area contributed by atoms with Crippen LogP contribution in [0.1, 0.15) is 36.8 Å². The first-order valence-electron chi connectivity index (χ1n) is 15.4. The summed E-state index contributed by atoms with van der Waals surface area (Å²) in [4.78, 5) is 46.4. The van der Waals surface area contributed by atoms with Crippen LogP contribution < -0.4 is 0 Å². The Labute approximate surface area is 272 Å². The van der Waals surface area contributed by atoms with Gasteiger partial charge in [0.25, 0.3) is 0 Å². The molecule has 5 rings (SSSR count). The molecule has 0 aliphatic carbocycles. The van der Waals surface area contributed by atoms with Gasteiger partial charge in [-0.25, -0.2) is 0 Å². The molecule has 3 aliphatic rings. The molecule has 1 N–H and O–H groups in total. The molecule has 1 spiro atoms. The fourth-order valence-electron chi connectivity index (χ4n) is 7.17. The first-order valence-corrected chi connectivity index (χ1v) is 17.2. The van der Waals surface area contributed by atoms with Gasteiger partial charge in [-0.2, -0.15) is 0 Å². The molecule has 3 heterocycles. The smallest absolute Gasteiger partial charge is 0.310 e. The number of unbranched alkanes of at least 4 members (excludes halogenated alkanes) is 2. The minimum absolute atomic E-state index is 0.0613. The van der Waals surface area contributed by atoms with Gasteiger partial charge in [-0.15, -0.1) is 24.9 Å². The lowest BCUT2D eigenvalue weighted by atomic mass is 9.71. The summed E-state index contributed by atoms with van der Waals surface area (Å²) in [5.74, 6) is -2.21. The van der Waals surface area contributed by atoms with Crippen molar-refractivity contribution >= 4 is 45.5 Å². The molecule has 3 saturated heterocycles. The average Bonchev–Trinajstić information content (AvgIpc) is 3.63. The van der Waals surface area contributed by atoms with Crippen molar-refractivity contribution in [2.75, 3.05) is 19.8 Å². The lowest BCUT2D eigenvalue weighted by molar-refractivity contribution is -0.154. The van der Waals surface area contributed by atoms with E-state index < -0.39 is 28.7 Å². The van der Waals surface area contributed by atoms with E-state index in [1.807, 2.05) is 66.7 Å². The molecule has 44 heavy (non-hydrogen) atoms. The highest BCUT2D eigenvalue weighted by atomic mass is 79.9. The van der Waals surface area contributed by atoms with E-state index >= 15 is 0 Å². The zero-order valence-electron chi connectivity index (χ0n) is 24.9. The normalized spacial score (nSPS) is 27.5. The van der Waals surface area contributed by atoms with Crippen LogP contribution in [-0.2, 0) is 32.1 Å². The summed E-state index contributed by atoms with van der Waals surface area (Å²) in [7, 11) is 0. The van der Waals surface area contributed by atoms with E-state index in [1.165, 1.54) is 0 Å². The molecule has 234 valence electrons. The van der Waals surface area contributed by atoms with Gasteiger partial charge < -0.3 is 19.6 Å². The van der Waals surface area contributed by atoms with Crippen LogP contribution >= 0.6 is 27.7 Å². The third-order valence-electron chi connectivity index (χ3n) is 9.08. The van der Waals surface area contributed by atoms with E-state index in [9.17, 15) is 19.5 Å². The first kappa shape index (κ1) is 32.5. The quantitative estimate of drug-likeness (QED) is 0.121. The Bertz CT molecular complexity index is 1340. The Morgan fingerprint density at radius 2 is 1.77 bits per heavy atom. The van der Waals surface area contributed by atoms with E-state index in [4.69, 9.17) is 4.74 Å². The molecule has 7 nitrogen and oxygen atoms in total. The zero-order chi connectivity index (χ0) is 31.3. The van der Waals surface area contributed by atoms with Crippen LogP contribution in [0.25, 0.3) is 0 Å². The predicted octanol–water partition coefficient (Wildman–Crippen LogP) is 5.17. The molecule has 7 atom stereocenters. The van der Waals surface area contributed by atoms with Gasteiger partial charge in [0, 0.05) is 23.2 Å². The van der Waals surface area contributed by atoms with E-state index in [1.54, 1.807) is 27.6 Å². The van der Waals surface area contributed by atoms with Crippen LogP contribution in [0.4, 0.5) is 0 Å².